The molecule has 0 aliphatic carbocycles. The quantitative estimate of drug-likeness (QED) is 0.530. The Bertz CT molecular complexity index is 943. The molecule has 7 nitrogen and oxygen atoms in total. The van der Waals surface area contributed by atoms with Gasteiger partial charge in [0.05, 0.1) is 23.3 Å². The summed E-state index contributed by atoms with van der Waals surface area (Å²) in [6.45, 7) is 4.26. The number of carbonyl (C=O) groups is 3. The SMILES string of the molecule is CC[C@@H](NC(=O)C(=O)N1CC[C@H](C(=O)Cc2cc(F)c(F)c(Cl)c2)[C@@H]1C)C1=CCN=N1. The Morgan fingerprint density at radius 3 is 2.68 bits per heavy atom. The van der Waals surface area contributed by atoms with Crippen molar-refractivity contribution < 1.29 is 23.2 Å². The molecule has 1 aromatic rings. The minimum atomic E-state index is -1.16. The van der Waals surface area contributed by atoms with Crippen LogP contribution in [0.1, 0.15) is 32.3 Å². The van der Waals surface area contributed by atoms with Crippen molar-refractivity contribution in [2.45, 2.75) is 45.2 Å². The van der Waals surface area contributed by atoms with E-state index in [1.54, 1.807) is 13.0 Å². The first-order valence-electron chi connectivity index (χ1n) is 10.1. The first kappa shape index (κ1) is 23.0. The molecule has 0 radical (unpaired) electrons. The molecule has 166 valence electrons. The first-order chi connectivity index (χ1) is 14.7. The number of hydrogen-bond donors (Lipinski definition) is 1. The summed E-state index contributed by atoms with van der Waals surface area (Å²) in [6.07, 6.45) is 2.58. The molecule has 2 amide bonds. The number of hydrogen-bond acceptors (Lipinski definition) is 5. The molecule has 3 rings (SSSR count). The van der Waals surface area contributed by atoms with Gasteiger partial charge >= 0.3 is 11.8 Å². The lowest BCUT2D eigenvalue weighted by Crippen LogP contribution is -2.48. The summed E-state index contributed by atoms with van der Waals surface area (Å²) in [7, 11) is 0. The summed E-state index contributed by atoms with van der Waals surface area (Å²) in [5.74, 6) is -4.50. The predicted molar refractivity (Wildman–Crippen MR) is 109 cm³/mol. The number of benzene rings is 1. The second-order valence-corrected chi connectivity index (χ2v) is 8.05. The average Bonchev–Trinajstić information content (AvgIpc) is 3.39. The fourth-order valence-corrected chi connectivity index (χ4v) is 4.17. The molecule has 2 heterocycles. The third-order valence-corrected chi connectivity index (χ3v) is 5.96. The lowest BCUT2D eigenvalue weighted by Gasteiger charge is -2.25. The van der Waals surface area contributed by atoms with E-state index in [1.165, 1.54) is 11.0 Å². The highest BCUT2D eigenvalue weighted by molar-refractivity contribution is 6.35. The van der Waals surface area contributed by atoms with E-state index in [2.05, 4.69) is 15.5 Å². The monoisotopic (exact) mass is 452 g/mol. The van der Waals surface area contributed by atoms with Crippen molar-refractivity contribution in [1.82, 2.24) is 10.2 Å². The van der Waals surface area contributed by atoms with Gasteiger partial charge in [0.2, 0.25) is 0 Å². The maximum Gasteiger partial charge on any atom is 0.312 e. The van der Waals surface area contributed by atoms with E-state index < -0.39 is 46.5 Å². The van der Waals surface area contributed by atoms with Gasteiger partial charge in [-0.1, -0.05) is 18.5 Å². The van der Waals surface area contributed by atoms with E-state index in [0.29, 0.717) is 25.1 Å². The number of rotatable bonds is 6. The van der Waals surface area contributed by atoms with Crippen LogP contribution in [0.4, 0.5) is 8.78 Å². The number of likely N-dealkylation sites (tertiary alicyclic amines) is 1. The van der Waals surface area contributed by atoms with Gasteiger partial charge in [-0.05, 0) is 43.5 Å². The van der Waals surface area contributed by atoms with Gasteiger partial charge in [0.25, 0.3) is 0 Å². The van der Waals surface area contributed by atoms with Crippen molar-refractivity contribution in [2.24, 2.45) is 16.1 Å². The fourth-order valence-electron chi connectivity index (χ4n) is 3.94. The van der Waals surface area contributed by atoms with Crippen LogP contribution in [0.25, 0.3) is 0 Å². The zero-order chi connectivity index (χ0) is 22.7. The highest BCUT2D eigenvalue weighted by atomic mass is 35.5. The molecule has 0 unspecified atom stereocenters. The fraction of sp³-hybridized carbons (Fsp3) is 0.476. The second-order valence-electron chi connectivity index (χ2n) is 7.64. The Balaban J connectivity index is 1.62. The molecule has 1 N–H and O–H groups in total. The van der Waals surface area contributed by atoms with Crippen molar-refractivity contribution in [1.29, 1.82) is 0 Å². The van der Waals surface area contributed by atoms with Crippen molar-refractivity contribution in [3.8, 4) is 0 Å². The van der Waals surface area contributed by atoms with E-state index in [4.69, 9.17) is 11.6 Å². The summed E-state index contributed by atoms with van der Waals surface area (Å²) in [5, 5.41) is 10.1. The minimum Gasteiger partial charge on any atom is -0.339 e. The van der Waals surface area contributed by atoms with Crippen LogP contribution in [0.5, 0.6) is 0 Å². The van der Waals surface area contributed by atoms with Gasteiger partial charge in [-0.25, -0.2) is 8.78 Å². The van der Waals surface area contributed by atoms with Crippen molar-refractivity contribution in [3.63, 3.8) is 0 Å². The van der Waals surface area contributed by atoms with Crippen LogP contribution in [0.3, 0.4) is 0 Å². The summed E-state index contributed by atoms with van der Waals surface area (Å²) in [4.78, 5) is 39.3. The third kappa shape index (κ3) is 4.98. The smallest absolute Gasteiger partial charge is 0.312 e. The number of nitrogens with one attached hydrogen (secondary N) is 1. The van der Waals surface area contributed by atoms with Crippen LogP contribution in [0.2, 0.25) is 5.02 Å². The third-order valence-electron chi connectivity index (χ3n) is 5.68. The molecule has 2 aliphatic rings. The molecule has 2 aliphatic heterocycles. The molecule has 0 bridgehead atoms. The van der Waals surface area contributed by atoms with Gasteiger partial charge in [0.15, 0.2) is 11.6 Å². The minimum absolute atomic E-state index is 0.142. The summed E-state index contributed by atoms with van der Waals surface area (Å²) < 4.78 is 26.9. The number of carbonyl (C=O) groups excluding carboxylic acids is 3. The Hall–Kier alpha value is -2.68. The number of amides is 2. The van der Waals surface area contributed by atoms with Crippen LogP contribution in [-0.2, 0) is 20.8 Å². The van der Waals surface area contributed by atoms with Gasteiger partial charge < -0.3 is 10.2 Å². The molecule has 31 heavy (non-hydrogen) atoms. The standard InChI is InChI=1S/C21H23ClF2N4O3/c1-3-16(17-4-6-25-27-17)26-20(30)21(31)28-7-5-13(11(28)2)18(29)10-12-8-14(22)19(24)15(23)9-12/h4,8-9,11,13,16H,3,5-7,10H2,1-2H3,(H,26,30)/t11-,13-,16+/m0/s1. The number of halogens is 3. The zero-order valence-corrected chi connectivity index (χ0v) is 18.0. The Kier molecular flexibility index (Phi) is 7.15. The van der Waals surface area contributed by atoms with Crippen molar-refractivity contribution >= 4 is 29.2 Å². The Morgan fingerprint density at radius 1 is 1.32 bits per heavy atom. The summed E-state index contributed by atoms with van der Waals surface area (Å²) >= 11 is 5.65. The van der Waals surface area contributed by atoms with Gasteiger partial charge in [-0.2, -0.15) is 10.2 Å². The summed E-state index contributed by atoms with van der Waals surface area (Å²) in [6, 6.07) is 1.25. The Morgan fingerprint density at radius 2 is 2.06 bits per heavy atom. The highest BCUT2D eigenvalue weighted by Crippen LogP contribution is 2.28. The largest absolute Gasteiger partial charge is 0.339 e. The molecular formula is C21H23ClF2N4O3. The van der Waals surface area contributed by atoms with Crippen LogP contribution in [0.15, 0.2) is 34.1 Å². The number of ketones is 1. The van der Waals surface area contributed by atoms with E-state index >= 15 is 0 Å². The van der Waals surface area contributed by atoms with E-state index in [-0.39, 0.29) is 24.3 Å². The van der Waals surface area contributed by atoms with E-state index in [0.717, 1.165) is 6.07 Å². The zero-order valence-electron chi connectivity index (χ0n) is 17.2. The number of nitrogens with zero attached hydrogens (tertiary/aromatic N) is 3. The first-order valence-corrected chi connectivity index (χ1v) is 10.5. The number of Topliss-reactive ketones (excluding diaryl/α,β-unsaturated/α-hetero) is 1. The molecule has 10 heteroatoms. The van der Waals surface area contributed by atoms with Crippen LogP contribution >= 0.6 is 11.6 Å². The van der Waals surface area contributed by atoms with E-state index in [9.17, 15) is 23.2 Å². The second kappa shape index (κ2) is 9.64. The molecule has 0 aromatic heterocycles. The van der Waals surface area contributed by atoms with Gasteiger partial charge in [0, 0.05) is 24.9 Å². The lowest BCUT2D eigenvalue weighted by atomic mass is 9.92. The van der Waals surface area contributed by atoms with Crippen LogP contribution < -0.4 is 5.32 Å². The molecular weight excluding hydrogens is 430 g/mol. The predicted octanol–water partition coefficient (Wildman–Crippen LogP) is 3.21. The van der Waals surface area contributed by atoms with Crippen LogP contribution in [-0.4, -0.2) is 47.7 Å². The van der Waals surface area contributed by atoms with Gasteiger partial charge in [0.1, 0.15) is 5.78 Å². The molecule has 1 aromatic carbocycles. The van der Waals surface area contributed by atoms with Gasteiger partial charge in [-0.15, -0.1) is 0 Å². The van der Waals surface area contributed by atoms with Crippen molar-refractivity contribution in [2.75, 3.05) is 13.1 Å². The normalized spacial score (nSPS) is 21.2. The average molecular weight is 453 g/mol. The summed E-state index contributed by atoms with van der Waals surface area (Å²) in [5.41, 5.74) is 0.879. The maximum absolute atomic E-state index is 13.6. The van der Waals surface area contributed by atoms with Gasteiger partial charge in [-0.3, -0.25) is 14.4 Å². The molecule has 1 saturated heterocycles. The molecule has 0 spiro atoms. The topological polar surface area (TPSA) is 91.2 Å². The van der Waals surface area contributed by atoms with Crippen LogP contribution in [0, 0.1) is 17.6 Å². The van der Waals surface area contributed by atoms with E-state index in [1.807, 2.05) is 6.92 Å². The highest BCUT2D eigenvalue weighted by Gasteiger charge is 2.40. The number of azo groups is 1. The molecule has 0 saturated carbocycles. The molecule has 3 atom stereocenters. The lowest BCUT2D eigenvalue weighted by molar-refractivity contribution is -0.147. The Labute approximate surface area is 183 Å². The van der Waals surface area contributed by atoms with Crippen molar-refractivity contribution in [3.05, 3.63) is 46.1 Å². The molecule has 1 fully saturated rings. The maximum atomic E-state index is 13.6.